The molecule has 0 spiro atoms. The first-order valence-electron chi connectivity index (χ1n) is 13.2. The van der Waals surface area contributed by atoms with Gasteiger partial charge in [-0.05, 0) is 61.7 Å². The van der Waals surface area contributed by atoms with E-state index in [0.29, 0.717) is 0 Å². The van der Waals surface area contributed by atoms with E-state index in [-0.39, 0.29) is 34.8 Å². The van der Waals surface area contributed by atoms with Crippen LogP contribution < -0.4 is 9.62 Å². The first-order valence-corrected chi connectivity index (χ1v) is 15.5. The maximum Gasteiger partial charge on any atom is 0.269 e. The van der Waals surface area contributed by atoms with Crippen LogP contribution >= 0.6 is 15.9 Å². The Kier molecular flexibility index (Phi) is 9.77. The fourth-order valence-electron chi connectivity index (χ4n) is 4.75. The summed E-state index contributed by atoms with van der Waals surface area (Å²) >= 11 is 3.40. The number of nitrogens with one attached hydrogen (secondary N) is 1. The molecule has 10 nitrogen and oxygen atoms in total. The first kappa shape index (κ1) is 30.2. The van der Waals surface area contributed by atoms with Crippen molar-refractivity contribution >= 4 is 49.1 Å². The molecule has 1 saturated carbocycles. The molecule has 216 valence electrons. The highest BCUT2D eigenvalue weighted by molar-refractivity contribution is 9.10. The summed E-state index contributed by atoms with van der Waals surface area (Å²) in [7, 11) is -4.25. The number of halogens is 1. The lowest BCUT2D eigenvalue weighted by Crippen LogP contribution is -2.52. The van der Waals surface area contributed by atoms with Gasteiger partial charge in [0.15, 0.2) is 0 Å². The Bertz CT molecular complexity index is 1480. The second-order valence-electron chi connectivity index (χ2n) is 9.91. The fourth-order valence-corrected chi connectivity index (χ4v) is 6.45. The predicted molar refractivity (Wildman–Crippen MR) is 159 cm³/mol. The van der Waals surface area contributed by atoms with Gasteiger partial charge in [0, 0.05) is 29.2 Å². The van der Waals surface area contributed by atoms with Crippen molar-refractivity contribution in [3.05, 3.63) is 99.0 Å². The fraction of sp³-hybridized carbons (Fsp3) is 0.310. The molecule has 1 fully saturated rings. The zero-order valence-corrected chi connectivity index (χ0v) is 24.9. The number of carbonyl (C=O) groups is 2. The van der Waals surface area contributed by atoms with Crippen molar-refractivity contribution in [3.63, 3.8) is 0 Å². The third-order valence-electron chi connectivity index (χ3n) is 7.09. The van der Waals surface area contributed by atoms with Crippen molar-refractivity contribution in [2.24, 2.45) is 0 Å². The molecule has 1 N–H and O–H groups in total. The Morgan fingerprint density at radius 3 is 2.20 bits per heavy atom. The zero-order valence-electron chi connectivity index (χ0n) is 22.5. The number of nitro benzene ring substituents is 1. The zero-order chi connectivity index (χ0) is 29.6. The average Bonchev–Trinajstić information content (AvgIpc) is 3.48. The van der Waals surface area contributed by atoms with Crippen molar-refractivity contribution in [2.45, 2.75) is 56.1 Å². The molecule has 0 radical (unpaired) electrons. The first-order chi connectivity index (χ1) is 19.6. The summed E-state index contributed by atoms with van der Waals surface area (Å²) in [4.78, 5) is 39.1. The van der Waals surface area contributed by atoms with Gasteiger partial charge in [0.1, 0.15) is 12.6 Å². The standard InChI is InChI=1S/C29H31BrN4O6S/c1-21(29(36)31-24-7-5-6-8-24)32(19-22-11-13-23(30)14-12-22)28(35)20-33(25-15-17-26(18-16-25)34(37)38)41(39,40)27-9-3-2-4-10-27/h2-4,9-18,21,24H,5-8,19-20H2,1H3,(H,31,36)/t21-/m1/s1. The predicted octanol–water partition coefficient (Wildman–Crippen LogP) is 5.03. The van der Waals surface area contributed by atoms with Crippen LogP contribution in [-0.4, -0.2) is 48.7 Å². The molecule has 0 aromatic heterocycles. The van der Waals surface area contributed by atoms with E-state index < -0.39 is 33.4 Å². The van der Waals surface area contributed by atoms with Crippen LogP contribution in [0.5, 0.6) is 0 Å². The van der Waals surface area contributed by atoms with Gasteiger partial charge in [0.05, 0.1) is 15.5 Å². The summed E-state index contributed by atoms with van der Waals surface area (Å²) in [6.45, 7) is 1.08. The van der Waals surface area contributed by atoms with Gasteiger partial charge in [0.2, 0.25) is 11.8 Å². The molecule has 1 aliphatic rings. The number of sulfonamides is 1. The van der Waals surface area contributed by atoms with E-state index in [1.807, 2.05) is 24.3 Å². The van der Waals surface area contributed by atoms with E-state index in [9.17, 15) is 28.1 Å². The summed E-state index contributed by atoms with van der Waals surface area (Å²) in [5.74, 6) is -0.907. The molecule has 0 aliphatic heterocycles. The number of benzene rings is 3. The van der Waals surface area contributed by atoms with E-state index in [1.54, 1.807) is 25.1 Å². The van der Waals surface area contributed by atoms with Gasteiger partial charge < -0.3 is 10.2 Å². The lowest BCUT2D eigenvalue weighted by Gasteiger charge is -2.32. The quantitative estimate of drug-likeness (QED) is 0.231. The third kappa shape index (κ3) is 7.50. The van der Waals surface area contributed by atoms with Crippen LogP contribution in [0.15, 0.2) is 88.2 Å². The molecule has 12 heteroatoms. The van der Waals surface area contributed by atoms with Crippen LogP contribution in [0.4, 0.5) is 11.4 Å². The minimum absolute atomic E-state index is 0.0439. The van der Waals surface area contributed by atoms with Gasteiger partial charge in [0.25, 0.3) is 15.7 Å². The van der Waals surface area contributed by atoms with Crippen molar-refractivity contribution in [3.8, 4) is 0 Å². The number of anilines is 1. The van der Waals surface area contributed by atoms with Gasteiger partial charge in [-0.25, -0.2) is 8.42 Å². The molecular weight excluding hydrogens is 612 g/mol. The van der Waals surface area contributed by atoms with Crippen molar-refractivity contribution < 1.29 is 22.9 Å². The van der Waals surface area contributed by atoms with Crippen LogP contribution in [0.2, 0.25) is 0 Å². The molecule has 2 amide bonds. The van der Waals surface area contributed by atoms with Crippen LogP contribution in [-0.2, 0) is 26.2 Å². The molecule has 1 atom stereocenters. The highest BCUT2D eigenvalue weighted by atomic mass is 79.9. The Hall–Kier alpha value is -3.77. The Morgan fingerprint density at radius 2 is 1.61 bits per heavy atom. The largest absolute Gasteiger partial charge is 0.352 e. The van der Waals surface area contributed by atoms with E-state index in [2.05, 4.69) is 21.2 Å². The lowest BCUT2D eigenvalue weighted by molar-refractivity contribution is -0.384. The van der Waals surface area contributed by atoms with Crippen molar-refractivity contribution in [1.82, 2.24) is 10.2 Å². The third-order valence-corrected chi connectivity index (χ3v) is 9.41. The Balaban J connectivity index is 1.68. The number of carbonyl (C=O) groups excluding carboxylic acids is 2. The minimum Gasteiger partial charge on any atom is -0.352 e. The highest BCUT2D eigenvalue weighted by Gasteiger charge is 2.33. The second kappa shape index (κ2) is 13.3. The van der Waals surface area contributed by atoms with E-state index in [0.717, 1.165) is 40.0 Å². The van der Waals surface area contributed by atoms with Crippen molar-refractivity contribution in [2.75, 3.05) is 10.8 Å². The maximum absolute atomic E-state index is 14.0. The summed E-state index contributed by atoms with van der Waals surface area (Å²) in [6.07, 6.45) is 3.82. The molecule has 3 aromatic carbocycles. The monoisotopic (exact) mass is 642 g/mol. The molecule has 0 saturated heterocycles. The Morgan fingerprint density at radius 1 is 1.00 bits per heavy atom. The highest BCUT2D eigenvalue weighted by Crippen LogP contribution is 2.27. The van der Waals surface area contributed by atoms with Crippen LogP contribution in [0.1, 0.15) is 38.2 Å². The summed E-state index contributed by atoms with van der Waals surface area (Å²) < 4.78 is 29.3. The van der Waals surface area contributed by atoms with E-state index in [1.165, 1.54) is 41.3 Å². The number of amides is 2. The molecule has 0 unspecified atom stereocenters. The molecule has 41 heavy (non-hydrogen) atoms. The maximum atomic E-state index is 14.0. The van der Waals surface area contributed by atoms with E-state index in [4.69, 9.17) is 0 Å². The van der Waals surface area contributed by atoms with Crippen LogP contribution in [0.3, 0.4) is 0 Å². The smallest absolute Gasteiger partial charge is 0.269 e. The molecule has 1 aliphatic carbocycles. The topological polar surface area (TPSA) is 130 Å². The molecule has 3 aromatic rings. The molecule has 0 bridgehead atoms. The van der Waals surface area contributed by atoms with Gasteiger partial charge in [-0.2, -0.15) is 0 Å². The summed E-state index contributed by atoms with van der Waals surface area (Å²) in [5.41, 5.74) is 0.625. The summed E-state index contributed by atoms with van der Waals surface area (Å²) in [6, 6.07) is 19.0. The second-order valence-corrected chi connectivity index (χ2v) is 12.7. The van der Waals surface area contributed by atoms with E-state index >= 15 is 0 Å². The number of rotatable bonds is 11. The van der Waals surface area contributed by atoms with Gasteiger partial charge in [-0.15, -0.1) is 0 Å². The normalized spacial score (nSPS) is 14.3. The number of hydrogen-bond acceptors (Lipinski definition) is 6. The number of non-ortho nitro benzene ring substituents is 1. The SMILES string of the molecule is C[C@H](C(=O)NC1CCCC1)N(Cc1ccc(Br)cc1)C(=O)CN(c1ccc([N+](=O)[O-])cc1)S(=O)(=O)c1ccccc1. The summed E-state index contributed by atoms with van der Waals surface area (Å²) in [5, 5.41) is 14.2. The van der Waals surface area contributed by atoms with Gasteiger partial charge >= 0.3 is 0 Å². The molecule has 4 rings (SSSR count). The Labute approximate surface area is 247 Å². The van der Waals surface area contributed by atoms with Crippen LogP contribution in [0, 0.1) is 10.1 Å². The molecular formula is C29H31BrN4O6S. The van der Waals surface area contributed by atoms with Crippen LogP contribution in [0.25, 0.3) is 0 Å². The minimum atomic E-state index is -4.25. The van der Waals surface area contributed by atoms with Crippen molar-refractivity contribution in [1.29, 1.82) is 0 Å². The number of hydrogen-bond donors (Lipinski definition) is 1. The lowest BCUT2D eigenvalue weighted by atomic mass is 10.1. The average molecular weight is 644 g/mol. The molecule has 0 heterocycles. The number of nitro groups is 1. The van der Waals surface area contributed by atoms with Gasteiger partial charge in [-0.1, -0.05) is 59.1 Å². The number of nitrogens with zero attached hydrogens (tertiary/aromatic N) is 3. The van der Waals surface area contributed by atoms with Gasteiger partial charge in [-0.3, -0.25) is 24.0 Å².